The first-order valence-corrected chi connectivity index (χ1v) is 17.0. The van der Waals surface area contributed by atoms with Crippen molar-refractivity contribution in [2.45, 2.75) is 54.1 Å². The van der Waals surface area contributed by atoms with Crippen LogP contribution in [0.25, 0.3) is 22.5 Å². The van der Waals surface area contributed by atoms with E-state index < -0.39 is 11.6 Å². The Labute approximate surface area is 305 Å². The number of carboxylic acids is 1. The maximum Gasteiger partial charge on any atom is 0.340 e. The lowest BCUT2D eigenvalue weighted by Gasteiger charge is -2.21. The molecule has 0 aliphatic heterocycles. The van der Waals surface area contributed by atoms with E-state index in [2.05, 4.69) is 20.6 Å². The summed E-state index contributed by atoms with van der Waals surface area (Å²) in [4.78, 5) is 33.2. The molecule has 0 saturated heterocycles. The molecule has 0 amide bonds. The van der Waals surface area contributed by atoms with Crippen LogP contribution in [0.15, 0.2) is 122 Å². The lowest BCUT2D eigenvalue weighted by atomic mass is 10.1. The van der Waals surface area contributed by atoms with Crippen LogP contribution >= 0.6 is 0 Å². The van der Waals surface area contributed by atoms with Gasteiger partial charge in [0, 0.05) is 11.1 Å². The van der Waals surface area contributed by atoms with E-state index in [4.69, 9.17) is 4.74 Å². The van der Waals surface area contributed by atoms with Crippen LogP contribution in [-0.4, -0.2) is 32.6 Å². The first-order valence-electron chi connectivity index (χ1n) is 17.0. The molecule has 8 nitrogen and oxygen atoms in total. The summed E-state index contributed by atoms with van der Waals surface area (Å²) in [7, 11) is 0. The number of nitrogens with zero attached hydrogens (tertiary/aromatic N) is 2. The Balaban J connectivity index is 0.000000203. The van der Waals surface area contributed by atoms with Crippen molar-refractivity contribution in [1.29, 1.82) is 0 Å². The number of hydrogen-bond donors (Lipinski definition) is 3. The van der Waals surface area contributed by atoms with Crippen LogP contribution in [0.2, 0.25) is 0 Å². The smallest absolute Gasteiger partial charge is 0.340 e. The largest absolute Gasteiger partial charge is 0.478 e. The van der Waals surface area contributed by atoms with E-state index in [1.165, 1.54) is 0 Å². The molecule has 0 unspecified atom stereocenters. The standard InChI is InChI=1S/C24H26N2O2.C20H18N2O2/c1-16-10-9-13-20(23(27)28-24(3,4)5)22(16)26-19-14-17(2)21(25-15-19)18-11-7-6-8-12-18;1-13-7-6-10-17(20(23)24)19(13)22-16-11-14(2)18(21-12-16)15-8-4-3-5-9-15/h6-15,26H,1-5H3;3-12,22H,1-2H3,(H,23,24). The number of esters is 1. The molecule has 6 aromatic rings. The number of benzene rings is 4. The fraction of sp³-hybridized carbons (Fsp3) is 0.182. The van der Waals surface area contributed by atoms with Gasteiger partial charge in [0.25, 0.3) is 0 Å². The minimum Gasteiger partial charge on any atom is -0.478 e. The molecule has 8 heteroatoms. The lowest BCUT2D eigenvalue weighted by Crippen LogP contribution is -2.24. The second-order valence-electron chi connectivity index (χ2n) is 13.6. The molecule has 264 valence electrons. The number of carboxylic acid groups (broad SMARTS) is 1. The van der Waals surface area contributed by atoms with Crippen molar-refractivity contribution in [2.24, 2.45) is 0 Å². The number of carbonyl (C=O) groups excluding carboxylic acids is 1. The Morgan fingerprint density at radius 2 is 1.00 bits per heavy atom. The molecule has 52 heavy (non-hydrogen) atoms. The molecule has 0 radical (unpaired) electrons. The summed E-state index contributed by atoms with van der Waals surface area (Å²) in [5.74, 6) is -1.30. The van der Waals surface area contributed by atoms with Gasteiger partial charge >= 0.3 is 11.9 Å². The fourth-order valence-corrected chi connectivity index (χ4v) is 5.72. The van der Waals surface area contributed by atoms with Crippen LogP contribution in [0, 0.1) is 27.7 Å². The Morgan fingerprint density at radius 1 is 0.577 bits per heavy atom. The van der Waals surface area contributed by atoms with Gasteiger partial charge in [0.15, 0.2) is 0 Å². The topological polar surface area (TPSA) is 113 Å². The second-order valence-corrected chi connectivity index (χ2v) is 13.6. The van der Waals surface area contributed by atoms with Crippen LogP contribution in [-0.2, 0) is 4.74 Å². The van der Waals surface area contributed by atoms with Gasteiger partial charge in [-0.3, -0.25) is 9.97 Å². The van der Waals surface area contributed by atoms with Crippen LogP contribution in [0.5, 0.6) is 0 Å². The number of nitrogens with one attached hydrogen (secondary N) is 2. The van der Waals surface area contributed by atoms with Crippen molar-refractivity contribution in [2.75, 3.05) is 10.6 Å². The summed E-state index contributed by atoms with van der Waals surface area (Å²) in [5, 5.41) is 15.9. The summed E-state index contributed by atoms with van der Waals surface area (Å²) in [5.41, 5.74) is 11.1. The third-order valence-corrected chi connectivity index (χ3v) is 8.18. The van der Waals surface area contributed by atoms with Gasteiger partial charge in [-0.2, -0.15) is 0 Å². The normalized spacial score (nSPS) is 10.8. The lowest BCUT2D eigenvalue weighted by molar-refractivity contribution is 0.00704. The fourth-order valence-electron chi connectivity index (χ4n) is 5.72. The van der Waals surface area contributed by atoms with Gasteiger partial charge in [-0.15, -0.1) is 0 Å². The van der Waals surface area contributed by atoms with Crippen LogP contribution in [0.1, 0.15) is 63.7 Å². The molecule has 2 heterocycles. The van der Waals surface area contributed by atoms with Gasteiger partial charge in [0.05, 0.1) is 57.7 Å². The van der Waals surface area contributed by atoms with E-state index in [1.54, 1.807) is 30.6 Å². The van der Waals surface area contributed by atoms with Gasteiger partial charge in [0.2, 0.25) is 0 Å². The Hall–Kier alpha value is -6.28. The predicted molar refractivity (Wildman–Crippen MR) is 210 cm³/mol. The highest BCUT2D eigenvalue weighted by atomic mass is 16.6. The highest BCUT2D eigenvalue weighted by Gasteiger charge is 2.21. The molecule has 4 aromatic carbocycles. The van der Waals surface area contributed by atoms with Crippen LogP contribution < -0.4 is 10.6 Å². The van der Waals surface area contributed by atoms with Crippen LogP contribution in [0.4, 0.5) is 22.7 Å². The summed E-state index contributed by atoms with van der Waals surface area (Å²) in [6, 6.07) is 34.9. The number of rotatable bonds is 8. The van der Waals surface area contributed by atoms with E-state index in [1.807, 2.05) is 139 Å². The van der Waals surface area contributed by atoms with Gasteiger partial charge in [-0.05, 0) is 95.0 Å². The maximum absolute atomic E-state index is 12.7. The minimum atomic E-state index is -0.952. The number of hydrogen-bond acceptors (Lipinski definition) is 7. The first-order chi connectivity index (χ1) is 24.8. The van der Waals surface area contributed by atoms with Crippen molar-refractivity contribution in [3.8, 4) is 22.5 Å². The molecule has 0 aliphatic carbocycles. The Kier molecular flexibility index (Phi) is 11.5. The molecular weight excluding hydrogens is 649 g/mol. The monoisotopic (exact) mass is 692 g/mol. The van der Waals surface area contributed by atoms with Crippen molar-refractivity contribution in [1.82, 2.24) is 9.97 Å². The Bertz CT molecular complexity index is 2190. The molecule has 0 atom stereocenters. The number of aromatic carboxylic acids is 1. The highest BCUT2D eigenvalue weighted by Crippen LogP contribution is 2.30. The summed E-state index contributed by atoms with van der Waals surface area (Å²) >= 11 is 0. The summed E-state index contributed by atoms with van der Waals surface area (Å²) in [6.45, 7) is 13.5. The van der Waals surface area contributed by atoms with Gasteiger partial charge in [0.1, 0.15) is 5.60 Å². The van der Waals surface area contributed by atoms with Crippen molar-refractivity contribution in [3.05, 3.63) is 155 Å². The molecule has 0 fully saturated rings. The summed E-state index contributed by atoms with van der Waals surface area (Å²) < 4.78 is 5.56. The predicted octanol–water partition coefficient (Wildman–Crippen LogP) is 10.9. The highest BCUT2D eigenvalue weighted by molar-refractivity contribution is 5.98. The zero-order valence-electron chi connectivity index (χ0n) is 30.6. The van der Waals surface area contributed by atoms with Gasteiger partial charge < -0.3 is 20.5 Å². The number of aromatic nitrogens is 2. The zero-order chi connectivity index (χ0) is 37.4. The minimum absolute atomic E-state index is 0.250. The molecular formula is C44H44N4O4. The number of carbonyl (C=O) groups is 2. The number of para-hydroxylation sites is 2. The van der Waals surface area contributed by atoms with Crippen LogP contribution in [0.3, 0.4) is 0 Å². The molecule has 6 rings (SSSR count). The molecule has 0 saturated carbocycles. The van der Waals surface area contributed by atoms with Crippen molar-refractivity contribution < 1.29 is 19.4 Å². The average molecular weight is 693 g/mol. The molecule has 0 bridgehead atoms. The number of ether oxygens (including phenoxy) is 1. The number of aryl methyl sites for hydroxylation is 4. The summed E-state index contributed by atoms with van der Waals surface area (Å²) in [6.07, 6.45) is 3.52. The number of pyridine rings is 2. The van der Waals surface area contributed by atoms with E-state index in [0.717, 1.165) is 61.8 Å². The second kappa shape index (κ2) is 16.2. The molecule has 2 aromatic heterocycles. The van der Waals surface area contributed by atoms with Gasteiger partial charge in [-0.25, -0.2) is 9.59 Å². The van der Waals surface area contributed by atoms with Gasteiger partial charge in [-0.1, -0.05) is 84.9 Å². The first kappa shape index (κ1) is 37.0. The van der Waals surface area contributed by atoms with Crippen molar-refractivity contribution in [3.63, 3.8) is 0 Å². The third kappa shape index (κ3) is 9.28. The van der Waals surface area contributed by atoms with E-state index in [9.17, 15) is 14.7 Å². The third-order valence-electron chi connectivity index (χ3n) is 8.18. The zero-order valence-corrected chi connectivity index (χ0v) is 30.6. The molecule has 0 aliphatic rings. The molecule has 3 N–H and O–H groups in total. The molecule has 0 spiro atoms. The average Bonchev–Trinajstić information content (AvgIpc) is 3.10. The maximum atomic E-state index is 12.7. The Morgan fingerprint density at radius 3 is 1.40 bits per heavy atom. The van der Waals surface area contributed by atoms with E-state index in [0.29, 0.717) is 11.3 Å². The number of anilines is 4. The van der Waals surface area contributed by atoms with Crippen molar-refractivity contribution >= 4 is 34.7 Å². The van der Waals surface area contributed by atoms with E-state index in [-0.39, 0.29) is 11.5 Å². The SMILES string of the molecule is Cc1cc(Nc2c(C)cccc2C(=O)O)cnc1-c1ccccc1.Cc1cc(Nc2c(C)cccc2C(=O)OC(C)(C)C)cnc1-c1ccccc1. The van der Waals surface area contributed by atoms with E-state index >= 15 is 0 Å². The quantitative estimate of drug-likeness (QED) is 0.135.